The van der Waals surface area contributed by atoms with Gasteiger partial charge in [-0.05, 0) is 55.9 Å². The molecule has 0 N–H and O–H groups in total. The summed E-state index contributed by atoms with van der Waals surface area (Å²) in [5, 5.41) is 1.11. The summed E-state index contributed by atoms with van der Waals surface area (Å²) in [6, 6.07) is 12.2. The van der Waals surface area contributed by atoms with Crippen molar-refractivity contribution in [2.75, 3.05) is 24.6 Å². The number of nitrogens with zero attached hydrogens (tertiary/aromatic N) is 4. The van der Waals surface area contributed by atoms with Crippen LogP contribution in [0.5, 0.6) is 0 Å². The lowest BCUT2D eigenvalue weighted by Crippen LogP contribution is -2.38. The van der Waals surface area contributed by atoms with Crippen LogP contribution in [0.25, 0.3) is 22.3 Å². The number of anilines is 1. The molecule has 0 amide bonds. The summed E-state index contributed by atoms with van der Waals surface area (Å²) < 4.78 is 6.10. The smallest absolute Gasteiger partial charge is 0.163 e. The molecule has 1 saturated heterocycles. The van der Waals surface area contributed by atoms with Gasteiger partial charge >= 0.3 is 0 Å². The van der Waals surface area contributed by atoms with Crippen molar-refractivity contribution in [3.05, 3.63) is 48.8 Å². The van der Waals surface area contributed by atoms with E-state index in [0.717, 1.165) is 66.6 Å². The Hall–Kier alpha value is -2.53. The molecule has 0 atom stereocenters. The maximum atomic E-state index is 6.10. The molecule has 5 nitrogen and oxygen atoms in total. The van der Waals surface area contributed by atoms with E-state index in [2.05, 4.69) is 28.1 Å². The summed E-state index contributed by atoms with van der Waals surface area (Å²) in [4.78, 5) is 16.3. The Labute approximate surface area is 159 Å². The molecule has 5 rings (SSSR count). The standard InChI is InChI=1S/C22H24N4O/c1-2-6-20-19(5-1)22(25-21(24-20)17-4-3-11-23-14-17)26-12-9-18(10-13-26)27-15-16-7-8-16/h1-6,11,14,16,18H,7-10,12-13,15H2. The van der Waals surface area contributed by atoms with Crippen LogP contribution in [0.1, 0.15) is 25.7 Å². The van der Waals surface area contributed by atoms with Gasteiger partial charge in [0.1, 0.15) is 5.82 Å². The molecule has 1 aliphatic carbocycles. The third-order valence-corrected chi connectivity index (χ3v) is 5.51. The predicted molar refractivity (Wildman–Crippen MR) is 107 cm³/mol. The van der Waals surface area contributed by atoms with E-state index >= 15 is 0 Å². The Bertz CT molecular complexity index is 918. The van der Waals surface area contributed by atoms with E-state index in [4.69, 9.17) is 14.7 Å². The van der Waals surface area contributed by atoms with Crippen LogP contribution in [0.2, 0.25) is 0 Å². The Morgan fingerprint density at radius 1 is 0.963 bits per heavy atom. The van der Waals surface area contributed by atoms with Crippen LogP contribution in [0.3, 0.4) is 0 Å². The molecule has 1 aliphatic heterocycles. The molecule has 3 aromatic rings. The first-order chi connectivity index (χ1) is 13.4. The number of pyridine rings is 1. The fraction of sp³-hybridized carbons (Fsp3) is 0.409. The fourth-order valence-corrected chi connectivity index (χ4v) is 3.72. The molecular formula is C22H24N4O. The summed E-state index contributed by atoms with van der Waals surface area (Å²) >= 11 is 0. The molecule has 0 spiro atoms. The van der Waals surface area contributed by atoms with Crippen molar-refractivity contribution in [3.63, 3.8) is 0 Å². The minimum atomic E-state index is 0.396. The molecule has 2 fully saturated rings. The number of hydrogen-bond acceptors (Lipinski definition) is 5. The van der Waals surface area contributed by atoms with Crippen LogP contribution in [0, 0.1) is 5.92 Å². The lowest BCUT2D eigenvalue weighted by Gasteiger charge is -2.33. The average molecular weight is 360 g/mol. The van der Waals surface area contributed by atoms with Gasteiger partial charge in [0, 0.05) is 43.0 Å². The van der Waals surface area contributed by atoms with Gasteiger partial charge in [-0.2, -0.15) is 0 Å². The van der Waals surface area contributed by atoms with Crippen LogP contribution < -0.4 is 4.90 Å². The van der Waals surface area contributed by atoms with Gasteiger partial charge in [-0.3, -0.25) is 4.98 Å². The van der Waals surface area contributed by atoms with E-state index < -0.39 is 0 Å². The number of benzene rings is 1. The monoisotopic (exact) mass is 360 g/mol. The summed E-state index contributed by atoms with van der Waals surface area (Å²) in [5.74, 6) is 2.60. The molecule has 3 heterocycles. The molecular weight excluding hydrogens is 336 g/mol. The SMILES string of the molecule is c1cncc(-c2nc(N3CCC(OCC4CC4)CC3)c3ccccc3n2)c1. The summed E-state index contributed by atoms with van der Waals surface area (Å²) in [7, 11) is 0. The molecule has 1 aromatic carbocycles. The first-order valence-corrected chi connectivity index (χ1v) is 9.90. The molecule has 0 unspecified atom stereocenters. The molecule has 27 heavy (non-hydrogen) atoms. The highest BCUT2D eigenvalue weighted by atomic mass is 16.5. The maximum Gasteiger partial charge on any atom is 0.163 e. The second-order valence-electron chi connectivity index (χ2n) is 7.59. The van der Waals surface area contributed by atoms with Gasteiger partial charge in [0.05, 0.1) is 11.6 Å². The molecule has 2 aromatic heterocycles. The molecule has 138 valence electrons. The van der Waals surface area contributed by atoms with E-state index in [-0.39, 0.29) is 0 Å². The number of aromatic nitrogens is 3. The van der Waals surface area contributed by atoms with Gasteiger partial charge in [0.15, 0.2) is 5.82 Å². The largest absolute Gasteiger partial charge is 0.378 e. The zero-order valence-corrected chi connectivity index (χ0v) is 15.4. The molecule has 1 saturated carbocycles. The highest BCUT2D eigenvalue weighted by molar-refractivity contribution is 5.91. The third-order valence-electron chi connectivity index (χ3n) is 5.51. The highest BCUT2D eigenvalue weighted by Crippen LogP contribution is 2.32. The van der Waals surface area contributed by atoms with Gasteiger partial charge in [-0.1, -0.05) is 12.1 Å². The fourth-order valence-electron chi connectivity index (χ4n) is 3.72. The first kappa shape index (κ1) is 16.6. The Balaban J connectivity index is 1.42. The van der Waals surface area contributed by atoms with Crippen molar-refractivity contribution >= 4 is 16.7 Å². The summed E-state index contributed by atoms with van der Waals surface area (Å²) in [6.07, 6.45) is 8.82. The van der Waals surface area contributed by atoms with Crippen LogP contribution in [-0.4, -0.2) is 40.8 Å². The topological polar surface area (TPSA) is 51.1 Å². The molecule has 0 radical (unpaired) electrons. The van der Waals surface area contributed by atoms with E-state index in [0.29, 0.717) is 6.10 Å². The van der Waals surface area contributed by atoms with Crippen LogP contribution in [0.15, 0.2) is 48.8 Å². The predicted octanol–water partition coefficient (Wildman–Crippen LogP) is 4.09. The van der Waals surface area contributed by atoms with Crippen molar-refractivity contribution in [3.8, 4) is 11.4 Å². The van der Waals surface area contributed by atoms with Gasteiger partial charge in [0.25, 0.3) is 0 Å². The van der Waals surface area contributed by atoms with Gasteiger partial charge in [0.2, 0.25) is 0 Å². The van der Waals surface area contributed by atoms with Gasteiger partial charge < -0.3 is 9.64 Å². The highest BCUT2D eigenvalue weighted by Gasteiger charge is 2.26. The Morgan fingerprint density at radius 3 is 2.59 bits per heavy atom. The Morgan fingerprint density at radius 2 is 1.81 bits per heavy atom. The van der Waals surface area contributed by atoms with Crippen molar-refractivity contribution < 1.29 is 4.74 Å². The van der Waals surface area contributed by atoms with Gasteiger partial charge in [-0.15, -0.1) is 0 Å². The van der Waals surface area contributed by atoms with Crippen LogP contribution >= 0.6 is 0 Å². The van der Waals surface area contributed by atoms with Crippen LogP contribution in [-0.2, 0) is 4.74 Å². The number of hydrogen-bond donors (Lipinski definition) is 0. The van der Waals surface area contributed by atoms with E-state index in [1.165, 1.54) is 12.8 Å². The normalized spacial score (nSPS) is 18.1. The van der Waals surface area contributed by atoms with Gasteiger partial charge in [-0.25, -0.2) is 9.97 Å². The van der Waals surface area contributed by atoms with Crippen molar-refractivity contribution in [2.24, 2.45) is 5.92 Å². The quantitative estimate of drug-likeness (QED) is 0.686. The van der Waals surface area contributed by atoms with E-state index in [1.807, 2.05) is 24.4 Å². The zero-order valence-electron chi connectivity index (χ0n) is 15.4. The van der Waals surface area contributed by atoms with E-state index in [9.17, 15) is 0 Å². The first-order valence-electron chi connectivity index (χ1n) is 9.90. The number of rotatable bonds is 5. The second-order valence-corrected chi connectivity index (χ2v) is 7.59. The van der Waals surface area contributed by atoms with Crippen molar-refractivity contribution in [2.45, 2.75) is 31.8 Å². The summed E-state index contributed by atoms with van der Waals surface area (Å²) in [5.41, 5.74) is 1.93. The minimum Gasteiger partial charge on any atom is -0.378 e. The lowest BCUT2D eigenvalue weighted by atomic mass is 10.1. The average Bonchev–Trinajstić information content (AvgIpc) is 3.57. The van der Waals surface area contributed by atoms with E-state index in [1.54, 1.807) is 6.20 Å². The minimum absolute atomic E-state index is 0.396. The lowest BCUT2D eigenvalue weighted by molar-refractivity contribution is 0.0305. The second kappa shape index (κ2) is 7.24. The number of ether oxygens (including phenoxy) is 1. The number of piperidine rings is 1. The third kappa shape index (κ3) is 3.65. The Kier molecular flexibility index (Phi) is 4.46. The number of para-hydroxylation sites is 1. The molecule has 0 bridgehead atoms. The zero-order chi connectivity index (χ0) is 18.1. The maximum absolute atomic E-state index is 6.10. The summed E-state index contributed by atoms with van der Waals surface area (Å²) in [6.45, 7) is 2.90. The number of fused-ring (bicyclic) bond motifs is 1. The van der Waals surface area contributed by atoms with Crippen molar-refractivity contribution in [1.82, 2.24) is 15.0 Å². The van der Waals surface area contributed by atoms with Crippen molar-refractivity contribution in [1.29, 1.82) is 0 Å². The molecule has 5 heteroatoms. The molecule has 2 aliphatic rings. The van der Waals surface area contributed by atoms with Crippen LogP contribution in [0.4, 0.5) is 5.82 Å².